The van der Waals surface area contributed by atoms with Crippen molar-refractivity contribution in [2.75, 3.05) is 25.1 Å². The van der Waals surface area contributed by atoms with E-state index in [9.17, 15) is 4.79 Å². The van der Waals surface area contributed by atoms with E-state index in [-0.39, 0.29) is 24.4 Å². The Balaban J connectivity index is 0.00000162. The van der Waals surface area contributed by atoms with Gasteiger partial charge < -0.3 is 10.6 Å². The van der Waals surface area contributed by atoms with Crippen molar-refractivity contribution in [1.82, 2.24) is 10.6 Å². The van der Waals surface area contributed by atoms with Gasteiger partial charge in [0.2, 0.25) is 5.91 Å². The van der Waals surface area contributed by atoms with Gasteiger partial charge >= 0.3 is 0 Å². The highest BCUT2D eigenvalue weighted by Crippen LogP contribution is 2.21. The predicted octanol–water partition coefficient (Wildman–Crippen LogP) is 1.77. The van der Waals surface area contributed by atoms with Gasteiger partial charge in [-0.05, 0) is 30.3 Å². The van der Waals surface area contributed by atoms with Crippen LogP contribution in [0.15, 0.2) is 24.3 Å². The van der Waals surface area contributed by atoms with E-state index in [0.717, 1.165) is 13.0 Å². The fraction of sp³-hybridized carbons (Fsp3) is 0.462. The monoisotopic (exact) mass is 286 g/mol. The number of thioether (sulfide) groups is 1. The van der Waals surface area contributed by atoms with Crippen LogP contribution in [0.4, 0.5) is 0 Å². The number of fused-ring (bicyclic) bond motifs is 1. The Hall–Kier alpha value is -0.710. The van der Waals surface area contributed by atoms with E-state index in [1.54, 1.807) is 11.8 Å². The number of carbonyl (C=O) groups is 1. The lowest BCUT2D eigenvalue weighted by atomic mass is 9.94. The first-order chi connectivity index (χ1) is 8.31. The summed E-state index contributed by atoms with van der Waals surface area (Å²) < 4.78 is 0. The van der Waals surface area contributed by atoms with Crippen LogP contribution in [0.2, 0.25) is 0 Å². The molecule has 0 saturated carbocycles. The minimum Gasteiger partial charge on any atom is -0.353 e. The topological polar surface area (TPSA) is 41.1 Å². The van der Waals surface area contributed by atoms with Crippen molar-refractivity contribution in [2.45, 2.75) is 12.5 Å². The number of halogens is 1. The van der Waals surface area contributed by atoms with E-state index in [0.29, 0.717) is 12.3 Å². The summed E-state index contributed by atoms with van der Waals surface area (Å²) in [5.41, 5.74) is 2.72. The van der Waals surface area contributed by atoms with E-state index < -0.39 is 0 Å². The molecule has 0 radical (unpaired) electrons. The SMILES string of the molecule is CSCC(=O)NCC1NCCc2ccccc21.Cl. The van der Waals surface area contributed by atoms with Crippen LogP contribution < -0.4 is 10.6 Å². The summed E-state index contributed by atoms with van der Waals surface area (Å²) in [6.07, 6.45) is 3.01. The third-order valence-electron chi connectivity index (χ3n) is 2.99. The highest BCUT2D eigenvalue weighted by Gasteiger charge is 2.19. The smallest absolute Gasteiger partial charge is 0.230 e. The minimum absolute atomic E-state index is 0. The van der Waals surface area contributed by atoms with Gasteiger partial charge in [-0.3, -0.25) is 4.79 Å². The second-order valence-electron chi connectivity index (χ2n) is 4.19. The molecular formula is C13H19ClN2OS. The number of nitrogens with one attached hydrogen (secondary N) is 2. The number of benzene rings is 1. The van der Waals surface area contributed by atoms with E-state index in [2.05, 4.69) is 34.9 Å². The van der Waals surface area contributed by atoms with Gasteiger partial charge in [-0.25, -0.2) is 0 Å². The van der Waals surface area contributed by atoms with Gasteiger partial charge in [-0.1, -0.05) is 24.3 Å². The quantitative estimate of drug-likeness (QED) is 0.886. The van der Waals surface area contributed by atoms with E-state index in [1.807, 2.05) is 6.26 Å². The first kappa shape index (κ1) is 15.3. The lowest BCUT2D eigenvalue weighted by molar-refractivity contribution is -0.118. The Morgan fingerprint density at radius 3 is 3.06 bits per heavy atom. The zero-order valence-electron chi connectivity index (χ0n) is 10.4. The van der Waals surface area contributed by atoms with Crippen molar-refractivity contribution in [2.24, 2.45) is 0 Å². The molecule has 5 heteroatoms. The lowest BCUT2D eigenvalue weighted by Gasteiger charge is -2.27. The molecule has 3 nitrogen and oxygen atoms in total. The molecule has 1 amide bonds. The lowest BCUT2D eigenvalue weighted by Crippen LogP contribution is -2.39. The van der Waals surface area contributed by atoms with Gasteiger partial charge in [0.15, 0.2) is 0 Å². The summed E-state index contributed by atoms with van der Waals surface area (Å²) in [7, 11) is 0. The first-order valence-electron chi connectivity index (χ1n) is 5.88. The van der Waals surface area contributed by atoms with Gasteiger partial charge in [0.1, 0.15) is 0 Å². The second-order valence-corrected chi connectivity index (χ2v) is 5.06. The molecule has 0 bridgehead atoms. The molecule has 0 aromatic heterocycles. The van der Waals surface area contributed by atoms with Gasteiger partial charge in [0.25, 0.3) is 0 Å². The van der Waals surface area contributed by atoms with E-state index >= 15 is 0 Å². The highest BCUT2D eigenvalue weighted by molar-refractivity contribution is 7.99. The second kappa shape index (κ2) is 7.67. The molecule has 1 aromatic carbocycles. The number of hydrogen-bond donors (Lipinski definition) is 2. The van der Waals surface area contributed by atoms with Gasteiger partial charge in [0.05, 0.1) is 5.75 Å². The van der Waals surface area contributed by atoms with Crippen molar-refractivity contribution >= 4 is 30.1 Å². The molecule has 1 heterocycles. The van der Waals surface area contributed by atoms with Crippen LogP contribution in [-0.2, 0) is 11.2 Å². The molecule has 1 atom stereocenters. The third kappa shape index (κ3) is 3.90. The van der Waals surface area contributed by atoms with Crippen LogP contribution in [0.3, 0.4) is 0 Å². The molecule has 18 heavy (non-hydrogen) atoms. The maximum Gasteiger partial charge on any atom is 0.230 e. The summed E-state index contributed by atoms with van der Waals surface area (Å²) >= 11 is 1.55. The van der Waals surface area contributed by atoms with Crippen LogP contribution in [0.5, 0.6) is 0 Å². The Kier molecular flexibility index (Phi) is 6.54. The van der Waals surface area contributed by atoms with Crippen molar-refractivity contribution in [3.63, 3.8) is 0 Å². The molecule has 0 aliphatic carbocycles. The third-order valence-corrected chi connectivity index (χ3v) is 3.55. The zero-order chi connectivity index (χ0) is 12.1. The Bertz CT molecular complexity index is 400. The van der Waals surface area contributed by atoms with Crippen molar-refractivity contribution in [1.29, 1.82) is 0 Å². The molecule has 1 aromatic rings. The van der Waals surface area contributed by atoms with Gasteiger partial charge in [-0.2, -0.15) is 11.8 Å². The highest BCUT2D eigenvalue weighted by atomic mass is 35.5. The van der Waals surface area contributed by atoms with Crippen LogP contribution in [0, 0.1) is 0 Å². The predicted molar refractivity (Wildman–Crippen MR) is 79.5 cm³/mol. The molecule has 0 spiro atoms. The number of amides is 1. The first-order valence-corrected chi connectivity index (χ1v) is 7.27. The Morgan fingerprint density at radius 2 is 2.28 bits per heavy atom. The van der Waals surface area contributed by atoms with Crippen LogP contribution in [0.1, 0.15) is 17.2 Å². The van der Waals surface area contributed by atoms with Crippen molar-refractivity contribution in [3.05, 3.63) is 35.4 Å². The average molecular weight is 287 g/mol. The number of hydrogen-bond acceptors (Lipinski definition) is 3. The summed E-state index contributed by atoms with van der Waals surface area (Å²) in [6, 6.07) is 8.71. The summed E-state index contributed by atoms with van der Waals surface area (Å²) in [5, 5.41) is 6.42. The maximum atomic E-state index is 11.4. The molecule has 100 valence electrons. The largest absolute Gasteiger partial charge is 0.353 e. The fourth-order valence-corrected chi connectivity index (χ4v) is 2.54. The molecule has 1 aliphatic rings. The summed E-state index contributed by atoms with van der Waals surface area (Å²) in [6.45, 7) is 1.66. The molecule has 1 aliphatic heterocycles. The molecule has 2 N–H and O–H groups in total. The Labute approximate surface area is 119 Å². The van der Waals surface area contributed by atoms with E-state index in [1.165, 1.54) is 11.1 Å². The van der Waals surface area contributed by atoms with Crippen molar-refractivity contribution in [3.8, 4) is 0 Å². The normalized spacial score (nSPS) is 17.5. The van der Waals surface area contributed by atoms with Crippen molar-refractivity contribution < 1.29 is 4.79 Å². The maximum absolute atomic E-state index is 11.4. The summed E-state index contributed by atoms with van der Waals surface area (Å²) in [5.74, 6) is 0.649. The molecule has 2 rings (SSSR count). The zero-order valence-corrected chi connectivity index (χ0v) is 12.1. The van der Waals surface area contributed by atoms with Crippen LogP contribution in [0.25, 0.3) is 0 Å². The minimum atomic E-state index is 0. The van der Waals surface area contributed by atoms with Crippen LogP contribution >= 0.6 is 24.2 Å². The number of rotatable bonds is 4. The average Bonchev–Trinajstić information content (AvgIpc) is 2.36. The van der Waals surface area contributed by atoms with E-state index in [4.69, 9.17) is 0 Å². The van der Waals surface area contributed by atoms with Gasteiger partial charge in [-0.15, -0.1) is 12.4 Å². The molecule has 0 saturated heterocycles. The molecule has 1 unspecified atom stereocenters. The number of carbonyl (C=O) groups excluding carboxylic acids is 1. The standard InChI is InChI=1S/C13H18N2OS.ClH/c1-17-9-13(16)15-8-12-11-5-3-2-4-10(11)6-7-14-12;/h2-5,12,14H,6-9H2,1H3,(H,15,16);1H. The fourth-order valence-electron chi connectivity index (χ4n) is 2.17. The molecule has 0 fully saturated rings. The van der Waals surface area contributed by atoms with Crippen LogP contribution in [-0.4, -0.2) is 31.0 Å². The molecular weight excluding hydrogens is 268 g/mol. The summed E-state index contributed by atoms with van der Waals surface area (Å²) in [4.78, 5) is 11.4. The Morgan fingerprint density at radius 1 is 1.50 bits per heavy atom. The van der Waals surface area contributed by atoms with Gasteiger partial charge in [0, 0.05) is 12.6 Å².